The minimum Gasteiger partial charge on any atom is -0.495 e. The lowest BCUT2D eigenvalue weighted by Gasteiger charge is -2.17. The summed E-state index contributed by atoms with van der Waals surface area (Å²) in [5.41, 5.74) is 3.91. The van der Waals surface area contributed by atoms with Gasteiger partial charge in [0.25, 0.3) is 21.1 Å². The Hall–Kier alpha value is -5.04. The minimum absolute atomic E-state index is 0.141. The molecule has 1 fully saturated rings. The van der Waals surface area contributed by atoms with E-state index in [-0.39, 0.29) is 17.1 Å². The van der Waals surface area contributed by atoms with Crippen LogP contribution in [0.4, 0.5) is 23.0 Å². The molecule has 0 unspecified atom stereocenters. The van der Waals surface area contributed by atoms with Crippen LogP contribution in [0.2, 0.25) is 0 Å². The van der Waals surface area contributed by atoms with Gasteiger partial charge < -0.3 is 19.9 Å². The molecule has 6 rings (SSSR count). The number of hydrogen-bond acceptors (Lipinski definition) is 9. The van der Waals surface area contributed by atoms with Gasteiger partial charge in [0.2, 0.25) is 5.95 Å². The number of ether oxygens (including phenoxy) is 1. The summed E-state index contributed by atoms with van der Waals surface area (Å²) in [6, 6.07) is 17.7. The molecule has 1 aliphatic carbocycles. The van der Waals surface area contributed by atoms with Crippen LogP contribution >= 0.6 is 0 Å². The third-order valence-corrected chi connectivity index (χ3v) is 8.62. The monoisotopic (exact) mass is 612 g/mol. The molecule has 44 heavy (non-hydrogen) atoms. The first-order valence-corrected chi connectivity index (χ1v) is 15.7. The maximum absolute atomic E-state index is 13.6. The van der Waals surface area contributed by atoms with E-state index in [4.69, 9.17) is 9.72 Å². The van der Waals surface area contributed by atoms with Gasteiger partial charge in [-0.15, -0.1) is 0 Å². The van der Waals surface area contributed by atoms with E-state index in [0.717, 1.165) is 31.1 Å². The smallest absolute Gasteiger partial charge is 0.297 e. The number of rotatable bonds is 9. The molecule has 0 spiro atoms. The molecule has 2 aromatic carbocycles. The lowest BCUT2D eigenvalue weighted by Crippen LogP contribution is -2.19. The van der Waals surface area contributed by atoms with E-state index in [2.05, 4.69) is 30.3 Å². The third kappa shape index (κ3) is 6.04. The summed E-state index contributed by atoms with van der Waals surface area (Å²) >= 11 is 0. The number of sulfonamides is 1. The molecule has 226 valence electrons. The Balaban J connectivity index is 1.25. The Morgan fingerprint density at radius 3 is 2.32 bits per heavy atom. The highest BCUT2D eigenvalue weighted by Crippen LogP contribution is 2.35. The van der Waals surface area contributed by atoms with Crippen molar-refractivity contribution in [2.24, 2.45) is 0 Å². The van der Waals surface area contributed by atoms with E-state index in [1.807, 2.05) is 22.8 Å². The normalized spacial score (nSPS) is 13.6. The number of nitrogens with one attached hydrogen (secondary N) is 3. The SMILES string of the molecule is COc1ccccc1NC(=O)c1cc2cnc(Nc3ccc(NS(=O)(=O)c4nc(C)cc(C)n4)cc3)nc2n1C1CCCC1. The van der Waals surface area contributed by atoms with Crippen LogP contribution in [0.15, 0.2) is 72.0 Å². The van der Waals surface area contributed by atoms with Gasteiger partial charge in [0.15, 0.2) is 0 Å². The highest BCUT2D eigenvalue weighted by atomic mass is 32.2. The van der Waals surface area contributed by atoms with Gasteiger partial charge in [0.05, 0.1) is 12.8 Å². The molecular weight excluding hydrogens is 580 g/mol. The van der Waals surface area contributed by atoms with Gasteiger partial charge in [-0.05, 0) is 75.2 Å². The number of anilines is 4. The molecule has 0 aliphatic heterocycles. The van der Waals surface area contributed by atoms with Crippen molar-refractivity contribution in [1.82, 2.24) is 24.5 Å². The van der Waals surface area contributed by atoms with Gasteiger partial charge in [0.1, 0.15) is 17.1 Å². The predicted octanol–water partition coefficient (Wildman–Crippen LogP) is 5.76. The molecule has 0 radical (unpaired) electrons. The minimum atomic E-state index is -3.96. The van der Waals surface area contributed by atoms with Gasteiger partial charge in [-0.1, -0.05) is 25.0 Å². The van der Waals surface area contributed by atoms with E-state index in [9.17, 15) is 13.2 Å². The van der Waals surface area contributed by atoms with E-state index >= 15 is 0 Å². The Labute approximate surface area is 255 Å². The van der Waals surface area contributed by atoms with E-state index < -0.39 is 10.0 Å². The average Bonchev–Trinajstić information content (AvgIpc) is 3.66. The van der Waals surface area contributed by atoms with Gasteiger partial charge in [-0.2, -0.15) is 13.4 Å². The fraction of sp³-hybridized carbons (Fsp3) is 0.258. The number of hydrogen-bond donors (Lipinski definition) is 3. The van der Waals surface area contributed by atoms with Crippen molar-refractivity contribution < 1.29 is 17.9 Å². The standard InChI is InChI=1S/C31H32N8O4S/c1-19-16-20(2)34-31(33-19)44(41,42)38-23-14-12-22(13-15-23)35-30-32-18-21-17-26(39(28(21)37-30)24-8-4-5-9-24)29(40)36-25-10-6-7-11-27(25)43-3/h6-7,10-18,24,38H,4-5,8-9H2,1-3H3,(H,36,40)(H,32,35,37). The second-order valence-corrected chi connectivity index (χ2v) is 12.3. The number of nitrogens with zero attached hydrogens (tertiary/aromatic N) is 5. The molecular formula is C31H32N8O4S. The Morgan fingerprint density at radius 1 is 0.932 bits per heavy atom. The van der Waals surface area contributed by atoms with Crippen molar-refractivity contribution in [3.63, 3.8) is 0 Å². The molecule has 0 saturated heterocycles. The summed E-state index contributed by atoms with van der Waals surface area (Å²) in [6.07, 6.45) is 5.77. The van der Waals surface area contributed by atoms with E-state index in [0.29, 0.717) is 51.5 Å². The summed E-state index contributed by atoms with van der Waals surface area (Å²) < 4.78 is 35.6. The number of para-hydroxylation sites is 2. The van der Waals surface area contributed by atoms with Gasteiger partial charge in [-0.3, -0.25) is 9.52 Å². The van der Waals surface area contributed by atoms with Crippen molar-refractivity contribution in [2.45, 2.75) is 50.7 Å². The van der Waals surface area contributed by atoms with Crippen LogP contribution in [0.25, 0.3) is 11.0 Å². The van der Waals surface area contributed by atoms with Crippen LogP contribution in [-0.2, 0) is 10.0 Å². The Kier molecular flexibility index (Phi) is 7.87. The quantitative estimate of drug-likeness (QED) is 0.176. The maximum atomic E-state index is 13.6. The van der Waals surface area contributed by atoms with E-state index in [1.54, 1.807) is 69.6 Å². The molecule has 1 amide bonds. The maximum Gasteiger partial charge on any atom is 0.297 e. The molecule has 0 bridgehead atoms. The third-order valence-electron chi connectivity index (χ3n) is 7.45. The number of benzene rings is 2. The number of fused-ring (bicyclic) bond motifs is 1. The van der Waals surface area contributed by atoms with Crippen LogP contribution in [0.3, 0.4) is 0 Å². The van der Waals surface area contributed by atoms with Crippen molar-refractivity contribution in [2.75, 3.05) is 22.5 Å². The summed E-state index contributed by atoms with van der Waals surface area (Å²) in [4.78, 5) is 30.9. The van der Waals surface area contributed by atoms with Crippen molar-refractivity contribution in [3.8, 4) is 5.75 Å². The first kappa shape index (κ1) is 29.1. The summed E-state index contributed by atoms with van der Waals surface area (Å²) in [7, 11) is -2.39. The fourth-order valence-electron chi connectivity index (χ4n) is 5.47. The van der Waals surface area contributed by atoms with Crippen LogP contribution in [0.5, 0.6) is 5.75 Å². The lowest BCUT2D eigenvalue weighted by molar-refractivity contribution is 0.101. The molecule has 0 atom stereocenters. The number of aromatic nitrogens is 5. The molecule has 5 aromatic rings. The Bertz CT molecular complexity index is 1930. The van der Waals surface area contributed by atoms with Crippen LogP contribution in [0.1, 0.15) is 53.6 Å². The number of carbonyl (C=O) groups excluding carboxylic acids is 1. The topological polar surface area (TPSA) is 153 Å². The zero-order chi connectivity index (χ0) is 30.8. The molecule has 1 aliphatic rings. The van der Waals surface area contributed by atoms with Gasteiger partial charge in [-0.25, -0.2) is 15.0 Å². The molecule has 3 heterocycles. The van der Waals surface area contributed by atoms with Gasteiger partial charge >= 0.3 is 0 Å². The predicted molar refractivity (Wildman–Crippen MR) is 168 cm³/mol. The average molecular weight is 613 g/mol. The first-order valence-electron chi connectivity index (χ1n) is 14.2. The summed E-state index contributed by atoms with van der Waals surface area (Å²) in [6.45, 7) is 3.44. The van der Waals surface area contributed by atoms with Crippen molar-refractivity contribution in [3.05, 3.63) is 83.9 Å². The Morgan fingerprint density at radius 2 is 1.61 bits per heavy atom. The number of aryl methyl sites for hydroxylation is 2. The molecule has 3 aromatic heterocycles. The number of methoxy groups -OCH3 is 1. The van der Waals surface area contributed by atoms with Gasteiger partial charge in [0, 0.05) is 40.4 Å². The molecule has 12 nitrogen and oxygen atoms in total. The van der Waals surface area contributed by atoms with Crippen molar-refractivity contribution >= 4 is 50.0 Å². The largest absolute Gasteiger partial charge is 0.495 e. The zero-order valence-corrected chi connectivity index (χ0v) is 25.4. The lowest BCUT2D eigenvalue weighted by atomic mass is 10.2. The van der Waals surface area contributed by atoms with E-state index in [1.165, 1.54) is 0 Å². The zero-order valence-electron chi connectivity index (χ0n) is 24.5. The second-order valence-electron chi connectivity index (χ2n) is 10.7. The first-order chi connectivity index (χ1) is 21.2. The molecule has 3 N–H and O–H groups in total. The number of amides is 1. The fourth-order valence-corrected chi connectivity index (χ4v) is 6.54. The molecule has 1 saturated carbocycles. The highest BCUT2D eigenvalue weighted by molar-refractivity contribution is 7.92. The van der Waals surface area contributed by atoms with Crippen LogP contribution in [0, 0.1) is 13.8 Å². The van der Waals surface area contributed by atoms with Crippen LogP contribution < -0.4 is 20.1 Å². The summed E-state index contributed by atoms with van der Waals surface area (Å²) in [5, 5.41) is 6.66. The van der Waals surface area contributed by atoms with Crippen LogP contribution in [-0.4, -0.2) is 45.9 Å². The summed E-state index contributed by atoms with van der Waals surface area (Å²) in [5.74, 6) is 0.676. The number of carbonyl (C=O) groups is 1. The molecule has 13 heteroatoms. The second kappa shape index (κ2) is 11.9. The highest BCUT2D eigenvalue weighted by Gasteiger charge is 2.26. The van der Waals surface area contributed by atoms with Crippen molar-refractivity contribution in [1.29, 1.82) is 0 Å².